The van der Waals surface area contributed by atoms with Gasteiger partial charge in [0.2, 0.25) is 0 Å². The Morgan fingerprint density at radius 1 is 1.41 bits per heavy atom. The summed E-state index contributed by atoms with van der Waals surface area (Å²) >= 11 is 6.26. The highest BCUT2D eigenvalue weighted by Crippen LogP contribution is 2.27. The lowest BCUT2D eigenvalue weighted by Crippen LogP contribution is -2.40. The summed E-state index contributed by atoms with van der Waals surface area (Å²) in [5.41, 5.74) is 3.46. The van der Waals surface area contributed by atoms with Crippen LogP contribution in [0.5, 0.6) is 0 Å². The second-order valence-electron chi connectivity index (χ2n) is 4.50. The molecule has 4 heteroatoms. The molecule has 1 aromatic heterocycles. The maximum absolute atomic E-state index is 6.26. The number of rotatable bonds is 2. The predicted octanol–water partition coefficient (Wildman–Crippen LogP) is 2.52. The summed E-state index contributed by atoms with van der Waals surface area (Å²) < 4.78 is 2.10. The van der Waals surface area contributed by atoms with Gasteiger partial charge >= 0.3 is 0 Å². The van der Waals surface area contributed by atoms with Crippen LogP contribution in [0.4, 0.5) is 0 Å². The van der Waals surface area contributed by atoms with Gasteiger partial charge in [-0.15, -0.1) is 0 Å². The number of hydrogen-bond donors (Lipinski definition) is 1. The normalized spacial score (nSPS) is 15.9. The van der Waals surface area contributed by atoms with E-state index >= 15 is 0 Å². The van der Waals surface area contributed by atoms with Gasteiger partial charge in [0.15, 0.2) is 0 Å². The van der Waals surface area contributed by atoms with Crippen LogP contribution in [0.3, 0.4) is 0 Å². The Morgan fingerprint density at radius 3 is 2.94 bits per heavy atom. The average Bonchev–Trinajstić information content (AvgIpc) is 2.68. The molecule has 1 fully saturated rings. The maximum Gasteiger partial charge on any atom is 0.0994 e. The number of aromatic nitrogens is 2. The Labute approximate surface area is 105 Å². The molecule has 0 radical (unpaired) electrons. The van der Waals surface area contributed by atoms with Crippen molar-refractivity contribution in [2.24, 2.45) is 0 Å². The first-order valence-electron chi connectivity index (χ1n) is 5.75. The van der Waals surface area contributed by atoms with Crippen LogP contribution >= 0.6 is 11.6 Å². The van der Waals surface area contributed by atoms with Crippen molar-refractivity contribution in [2.45, 2.75) is 12.8 Å². The second-order valence-corrected chi connectivity index (χ2v) is 4.91. The van der Waals surface area contributed by atoms with E-state index in [1.165, 1.54) is 11.3 Å². The van der Waals surface area contributed by atoms with Gasteiger partial charge in [-0.25, -0.2) is 4.98 Å². The van der Waals surface area contributed by atoms with E-state index in [1.54, 1.807) is 0 Å². The van der Waals surface area contributed by atoms with Gasteiger partial charge in [-0.2, -0.15) is 0 Å². The van der Waals surface area contributed by atoms with Crippen LogP contribution in [0.15, 0.2) is 30.7 Å². The SMILES string of the molecule is Cc1ccc(Cl)c(-n2cncc2C2CNC2)c1. The van der Waals surface area contributed by atoms with Gasteiger partial charge in [0.05, 0.1) is 17.0 Å². The smallest absolute Gasteiger partial charge is 0.0994 e. The van der Waals surface area contributed by atoms with Crippen LogP contribution < -0.4 is 5.32 Å². The third-order valence-corrected chi connectivity index (χ3v) is 3.55. The van der Waals surface area contributed by atoms with Crippen LogP contribution in [0, 0.1) is 6.92 Å². The Hall–Kier alpha value is -1.32. The van der Waals surface area contributed by atoms with Gasteiger partial charge < -0.3 is 9.88 Å². The lowest BCUT2D eigenvalue weighted by Gasteiger charge is -2.28. The minimum atomic E-state index is 0.550. The fraction of sp³-hybridized carbons (Fsp3) is 0.308. The molecule has 3 nitrogen and oxygen atoms in total. The third-order valence-electron chi connectivity index (χ3n) is 3.23. The van der Waals surface area contributed by atoms with Crippen molar-refractivity contribution in [3.63, 3.8) is 0 Å². The van der Waals surface area contributed by atoms with Crippen LogP contribution in [-0.4, -0.2) is 22.6 Å². The van der Waals surface area contributed by atoms with Crippen molar-refractivity contribution in [3.05, 3.63) is 47.0 Å². The number of hydrogen-bond acceptors (Lipinski definition) is 2. The molecule has 1 N–H and O–H groups in total. The summed E-state index contributed by atoms with van der Waals surface area (Å²) in [6.45, 7) is 4.12. The zero-order valence-corrected chi connectivity index (χ0v) is 10.4. The van der Waals surface area contributed by atoms with E-state index in [4.69, 9.17) is 11.6 Å². The summed E-state index contributed by atoms with van der Waals surface area (Å²) in [6.07, 6.45) is 3.78. The van der Waals surface area contributed by atoms with Crippen molar-refractivity contribution < 1.29 is 0 Å². The standard InChI is InChI=1S/C13H14ClN3/c1-9-2-3-11(14)12(4-9)17-8-16-7-13(17)10-5-15-6-10/h2-4,7-8,10,15H,5-6H2,1H3. The average molecular weight is 248 g/mol. The van der Waals surface area contributed by atoms with Crippen LogP contribution in [0.25, 0.3) is 5.69 Å². The van der Waals surface area contributed by atoms with Gasteiger partial charge in [0.25, 0.3) is 0 Å². The molecule has 1 aliphatic heterocycles. The topological polar surface area (TPSA) is 29.9 Å². The minimum Gasteiger partial charge on any atom is -0.315 e. The van der Waals surface area contributed by atoms with E-state index in [0.717, 1.165) is 23.8 Å². The zero-order valence-electron chi connectivity index (χ0n) is 9.65. The second kappa shape index (κ2) is 4.17. The van der Waals surface area contributed by atoms with E-state index in [0.29, 0.717) is 5.92 Å². The molecule has 0 amide bonds. The molecule has 1 saturated heterocycles. The van der Waals surface area contributed by atoms with Crippen molar-refractivity contribution in [1.29, 1.82) is 0 Å². The quantitative estimate of drug-likeness (QED) is 0.884. The Balaban J connectivity index is 2.08. The molecule has 0 aliphatic carbocycles. The Kier molecular flexibility index (Phi) is 2.65. The summed E-state index contributed by atoms with van der Waals surface area (Å²) in [7, 11) is 0. The molecule has 0 atom stereocenters. The molecule has 0 bridgehead atoms. The van der Waals surface area contributed by atoms with Gasteiger partial charge in [-0.1, -0.05) is 17.7 Å². The molecule has 3 rings (SSSR count). The number of benzene rings is 1. The van der Waals surface area contributed by atoms with Gasteiger partial charge in [-0.3, -0.25) is 0 Å². The predicted molar refractivity (Wildman–Crippen MR) is 68.9 cm³/mol. The van der Waals surface area contributed by atoms with Crippen molar-refractivity contribution in [3.8, 4) is 5.69 Å². The molecule has 17 heavy (non-hydrogen) atoms. The van der Waals surface area contributed by atoms with Gasteiger partial charge in [-0.05, 0) is 24.6 Å². The molecular formula is C13H14ClN3. The monoisotopic (exact) mass is 247 g/mol. The number of halogens is 1. The number of imidazole rings is 1. The van der Waals surface area contributed by atoms with Crippen LogP contribution in [-0.2, 0) is 0 Å². The molecule has 1 aliphatic rings. The van der Waals surface area contributed by atoms with E-state index in [1.807, 2.05) is 24.7 Å². The van der Waals surface area contributed by atoms with E-state index < -0.39 is 0 Å². The van der Waals surface area contributed by atoms with E-state index in [-0.39, 0.29) is 0 Å². The Morgan fingerprint density at radius 2 is 2.24 bits per heavy atom. The van der Waals surface area contributed by atoms with Crippen molar-refractivity contribution in [2.75, 3.05) is 13.1 Å². The minimum absolute atomic E-state index is 0.550. The highest BCUT2D eigenvalue weighted by Gasteiger charge is 2.23. The number of nitrogens with zero attached hydrogens (tertiary/aromatic N) is 2. The van der Waals surface area contributed by atoms with Crippen LogP contribution in [0.1, 0.15) is 17.2 Å². The molecule has 1 aromatic carbocycles. The first-order valence-corrected chi connectivity index (χ1v) is 6.13. The van der Waals surface area contributed by atoms with Gasteiger partial charge in [0, 0.05) is 30.9 Å². The number of aryl methyl sites for hydroxylation is 1. The summed E-state index contributed by atoms with van der Waals surface area (Å²) in [6, 6.07) is 6.06. The first kappa shape index (κ1) is 10.8. The van der Waals surface area contributed by atoms with Crippen LogP contribution in [0.2, 0.25) is 5.02 Å². The molecule has 2 heterocycles. The highest BCUT2D eigenvalue weighted by molar-refractivity contribution is 6.32. The Bertz CT molecular complexity index is 543. The van der Waals surface area contributed by atoms with Crippen molar-refractivity contribution >= 4 is 11.6 Å². The molecular weight excluding hydrogens is 234 g/mol. The largest absolute Gasteiger partial charge is 0.315 e. The maximum atomic E-state index is 6.26. The third kappa shape index (κ3) is 1.85. The van der Waals surface area contributed by atoms with E-state index in [2.05, 4.69) is 27.9 Å². The van der Waals surface area contributed by atoms with Gasteiger partial charge in [0.1, 0.15) is 0 Å². The lowest BCUT2D eigenvalue weighted by atomic mass is 9.99. The van der Waals surface area contributed by atoms with Crippen molar-refractivity contribution in [1.82, 2.24) is 14.9 Å². The molecule has 0 spiro atoms. The number of nitrogens with one attached hydrogen (secondary N) is 1. The molecule has 0 saturated carbocycles. The van der Waals surface area contributed by atoms with E-state index in [9.17, 15) is 0 Å². The lowest BCUT2D eigenvalue weighted by molar-refractivity contribution is 0.435. The first-order chi connectivity index (χ1) is 8.25. The fourth-order valence-electron chi connectivity index (χ4n) is 2.11. The molecule has 2 aromatic rings. The highest BCUT2D eigenvalue weighted by atomic mass is 35.5. The summed E-state index contributed by atoms with van der Waals surface area (Å²) in [4.78, 5) is 4.25. The molecule has 88 valence electrons. The summed E-state index contributed by atoms with van der Waals surface area (Å²) in [5, 5.41) is 4.05. The molecule has 0 unspecified atom stereocenters. The fourth-order valence-corrected chi connectivity index (χ4v) is 2.32. The summed E-state index contributed by atoms with van der Waals surface area (Å²) in [5.74, 6) is 0.550. The zero-order chi connectivity index (χ0) is 11.8.